The van der Waals surface area contributed by atoms with Gasteiger partial charge in [-0.25, -0.2) is 21.2 Å². The second-order valence-corrected chi connectivity index (χ2v) is 11.1. The summed E-state index contributed by atoms with van der Waals surface area (Å²) in [5.74, 6) is -1.30. The fourth-order valence-electron chi connectivity index (χ4n) is 2.82. The SMILES string of the molecule is Cc1cc(F)c(N(S(=O)(=O)c2cccc(Cl)c2)S(=O)(=O)c2cccc(Cl)c2)cc1[N+](=O)[O-]. The van der Waals surface area contributed by atoms with Crippen LogP contribution in [0, 0.1) is 22.9 Å². The third-order valence-electron chi connectivity index (χ3n) is 4.28. The Balaban J connectivity index is 2.41. The zero-order valence-corrected chi connectivity index (χ0v) is 19.2. The maximum Gasteiger partial charge on any atom is 0.277 e. The van der Waals surface area contributed by atoms with Crippen molar-refractivity contribution in [3.63, 3.8) is 0 Å². The zero-order chi connectivity index (χ0) is 23.8. The van der Waals surface area contributed by atoms with Gasteiger partial charge in [-0.05, 0) is 49.4 Å². The summed E-state index contributed by atoms with van der Waals surface area (Å²) in [5, 5.41) is 11.3. The first kappa shape index (κ1) is 23.9. The normalized spacial score (nSPS) is 11.9. The molecule has 0 spiro atoms. The molecule has 0 aliphatic carbocycles. The highest BCUT2D eigenvalue weighted by Crippen LogP contribution is 2.37. The third-order valence-corrected chi connectivity index (χ3v) is 8.90. The smallest absolute Gasteiger partial charge is 0.258 e. The second-order valence-electron chi connectivity index (χ2n) is 6.47. The first-order valence-electron chi connectivity index (χ1n) is 8.62. The number of hydrogen-bond acceptors (Lipinski definition) is 6. The molecule has 0 atom stereocenters. The Bertz CT molecular complexity index is 1370. The number of benzene rings is 3. The van der Waals surface area contributed by atoms with Crippen LogP contribution in [0.5, 0.6) is 0 Å². The van der Waals surface area contributed by atoms with Crippen LogP contribution >= 0.6 is 23.2 Å². The van der Waals surface area contributed by atoms with Crippen LogP contribution in [0.1, 0.15) is 5.56 Å². The van der Waals surface area contributed by atoms with Crippen molar-refractivity contribution in [2.75, 3.05) is 3.71 Å². The van der Waals surface area contributed by atoms with Crippen LogP contribution in [-0.2, 0) is 20.0 Å². The highest BCUT2D eigenvalue weighted by atomic mass is 35.5. The zero-order valence-electron chi connectivity index (χ0n) is 16.1. The lowest BCUT2D eigenvalue weighted by molar-refractivity contribution is -0.385. The van der Waals surface area contributed by atoms with Gasteiger partial charge in [-0.15, -0.1) is 0 Å². The molecule has 0 bridgehead atoms. The summed E-state index contributed by atoms with van der Waals surface area (Å²) in [6.45, 7) is 1.23. The minimum Gasteiger partial charge on any atom is -0.258 e. The second kappa shape index (κ2) is 8.66. The highest BCUT2D eigenvalue weighted by Gasteiger charge is 2.40. The van der Waals surface area contributed by atoms with Crippen molar-refractivity contribution < 1.29 is 26.1 Å². The van der Waals surface area contributed by atoms with Gasteiger partial charge in [0, 0.05) is 21.7 Å². The van der Waals surface area contributed by atoms with Crippen LogP contribution in [0.3, 0.4) is 0 Å². The van der Waals surface area contributed by atoms with E-state index < -0.39 is 52.0 Å². The number of nitro groups is 1. The quantitative estimate of drug-likeness (QED) is 0.337. The minimum atomic E-state index is -5.02. The number of aryl methyl sites for hydroxylation is 1. The number of rotatable bonds is 6. The Labute approximate surface area is 193 Å². The van der Waals surface area contributed by atoms with E-state index in [9.17, 15) is 31.3 Å². The van der Waals surface area contributed by atoms with Crippen molar-refractivity contribution in [3.8, 4) is 0 Å². The molecule has 0 unspecified atom stereocenters. The molecular weight excluding hydrogens is 506 g/mol. The van der Waals surface area contributed by atoms with Gasteiger partial charge in [0.25, 0.3) is 25.7 Å². The molecule has 0 saturated heterocycles. The van der Waals surface area contributed by atoms with Crippen LogP contribution < -0.4 is 3.71 Å². The molecule has 0 aliphatic heterocycles. The summed E-state index contributed by atoms with van der Waals surface area (Å²) in [7, 11) is -10.0. The van der Waals surface area contributed by atoms with Gasteiger partial charge in [-0.3, -0.25) is 10.1 Å². The average molecular weight is 519 g/mol. The molecule has 0 fully saturated rings. The molecule has 0 amide bonds. The number of anilines is 1. The summed E-state index contributed by atoms with van der Waals surface area (Å²) in [4.78, 5) is 9.34. The molecule has 0 radical (unpaired) electrons. The molecule has 3 aromatic carbocycles. The van der Waals surface area contributed by atoms with Gasteiger partial charge in [0.05, 0.1) is 14.7 Å². The van der Waals surface area contributed by atoms with Crippen LogP contribution in [0.25, 0.3) is 0 Å². The van der Waals surface area contributed by atoms with E-state index in [1.807, 2.05) is 0 Å². The Hall–Kier alpha value is -2.73. The molecule has 0 saturated carbocycles. The fraction of sp³-hybridized carbons (Fsp3) is 0.0526. The number of hydrogen-bond donors (Lipinski definition) is 0. The van der Waals surface area contributed by atoms with Crippen molar-refractivity contribution in [1.82, 2.24) is 0 Å². The predicted octanol–water partition coefficient (Wildman–Crippen LogP) is 4.93. The van der Waals surface area contributed by atoms with E-state index in [0.717, 1.165) is 24.3 Å². The average Bonchev–Trinajstić information content (AvgIpc) is 2.69. The van der Waals surface area contributed by atoms with Gasteiger partial charge in [0.1, 0.15) is 11.5 Å². The number of nitrogens with zero attached hydrogens (tertiary/aromatic N) is 2. The van der Waals surface area contributed by atoms with Crippen molar-refractivity contribution >= 4 is 54.6 Å². The molecular formula is C19H13Cl2FN2O6S2. The first-order chi connectivity index (χ1) is 14.9. The molecule has 32 heavy (non-hydrogen) atoms. The first-order valence-corrected chi connectivity index (χ1v) is 12.3. The molecule has 13 heteroatoms. The molecule has 0 aromatic heterocycles. The van der Waals surface area contributed by atoms with Crippen LogP contribution in [0.2, 0.25) is 10.0 Å². The summed E-state index contributed by atoms with van der Waals surface area (Å²) in [6.07, 6.45) is 0. The lowest BCUT2D eigenvalue weighted by Crippen LogP contribution is -2.37. The third kappa shape index (κ3) is 4.42. The predicted molar refractivity (Wildman–Crippen MR) is 118 cm³/mol. The topological polar surface area (TPSA) is 115 Å². The lowest BCUT2D eigenvalue weighted by atomic mass is 10.2. The molecule has 168 valence electrons. The van der Waals surface area contributed by atoms with Crippen molar-refractivity contribution in [1.29, 1.82) is 0 Å². The number of nitro benzene ring substituents is 1. The number of halogens is 3. The van der Waals surface area contributed by atoms with Gasteiger partial charge >= 0.3 is 0 Å². The van der Waals surface area contributed by atoms with E-state index in [-0.39, 0.29) is 19.3 Å². The van der Waals surface area contributed by atoms with Gasteiger partial charge in [0.2, 0.25) is 0 Å². The fourth-order valence-corrected chi connectivity index (χ4v) is 7.11. The van der Waals surface area contributed by atoms with Gasteiger partial charge < -0.3 is 0 Å². The summed E-state index contributed by atoms with van der Waals surface area (Å²) in [5.41, 5.74) is -1.85. The van der Waals surface area contributed by atoms with Crippen molar-refractivity contribution in [2.45, 2.75) is 16.7 Å². The van der Waals surface area contributed by atoms with Crippen LogP contribution in [0.4, 0.5) is 15.8 Å². The molecule has 0 N–H and O–H groups in total. The molecule has 3 rings (SSSR count). The van der Waals surface area contributed by atoms with E-state index in [0.29, 0.717) is 12.1 Å². The van der Waals surface area contributed by atoms with E-state index in [4.69, 9.17) is 23.2 Å². The summed E-state index contributed by atoms with van der Waals surface area (Å²) in [6, 6.07) is 10.5. The Morgan fingerprint density at radius 2 is 1.34 bits per heavy atom. The van der Waals surface area contributed by atoms with E-state index >= 15 is 0 Å². The summed E-state index contributed by atoms with van der Waals surface area (Å²) < 4.78 is 68.5. The summed E-state index contributed by atoms with van der Waals surface area (Å²) >= 11 is 11.7. The Kier molecular flexibility index (Phi) is 6.47. The largest absolute Gasteiger partial charge is 0.277 e. The van der Waals surface area contributed by atoms with Gasteiger partial charge in [-0.1, -0.05) is 35.3 Å². The van der Waals surface area contributed by atoms with Crippen LogP contribution in [-0.4, -0.2) is 21.8 Å². The molecule has 0 aliphatic rings. The van der Waals surface area contributed by atoms with Crippen molar-refractivity contribution in [3.05, 3.63) is 92.2 Å². The van der Waals surface area contributed by atoms with Crippen LogP contribution in [0.15, 0.2) is 70.5 Å². The van der Waals surface area contributed by atoms with E-state index in [1.54, 1.807) is 0 Å². The van der Waals surface area contributed by atoms with E-state index in [1.165, 1.54) is 31.2 Å². The Morgan fingerprint density at radius 3 is 1.75 bits per heavy atom. The maximum atomic E-state index is 14.9. The monoisotopic (exact) mass is 518 g/mol. The van der Waals surface area contributed by atoms with E-state index in [2.05, 4.69) is 0 Å². The Morgan fingerprint density at radius 1 is 0.875 bits per heavy atom. The lowest BCUT2D eigenvalue weighted by Gasteiger charge is -2.24. The van der Waals surface area contributed by atoms with Gasteiger partial charge in [0.15, 0.2) is 0 Å². The molecule has 0 heterocycles. The van der Waals surface area contributed by atoms with Crippen molar-refractivity contribution in [2.24, 2.45) is 0 Å². The standard InChI is InChI=1S/C19H13Cl2FN2O6S2/c1-12-8-17(22)19(11-18(12)23(25)26)24(31(27,28)15-6-2-4-13(20)9-15)32(29,30)16-7-3-5-14(21)10-16/h2-11H,1H3. The maximum absolute atomic E-state index is 14.9. The van der Waals surface area contributed by atoms with Gasteiger partial charge in [-0.2, -0.15) is 3.71 Å². The number of sulfonamides is 2. The molecule has 8 nitrogen and oxygen atoms in total. The molecule has 3 aromatic rings. The highest BCUT2D eigenvalue weighted by molar-refractivity contribution is 8.10. The minimum absolute atomic E-state index is 0.0264.